The maximum Gasteiger partial charge on any atom is 0.119 e. The molecule has 0 bridgehead atoms. The number of hydrogen-bond donors (Lipinski definition) is 0. The van der Waals surface area contributed by atoms with E-state index in [0.29, 0.717) is 0 Å². The van der Waals surface area contributed by atoms with Gasteiger partial charge < -0.3 is 9.47 Å². The number of ether oxygens (including phenoxy) is 2. The van der Waals surface area contributed by atoms with Gasteiger partial charge in [-0.2, -0.15) is 0 Å². The van der Waals surface area contributed by atoms with Gasteiger partial charge in [0.15, 0.2) is 0 Å². The van der Waals surface area contributed by atoms with E-state index in [1.807, 2.05) is 12.1 Å². The third kappa shape index (κ3) is 2.40. The summed E-state index contributed by atoms with van der Waals surface area (Å²) in [4.78, 5) is 2.37. The zero-order valence-corrected chi connectivity index (χ0v) is 14.9. The van der Waals surface area contributed by atoms with E-state index < -0.39 is 0 Å². The van der Waals surface area contributed by atoms with Crippen LogP contribution in [0.1, 0.15) is 22.3 Å². The average Bonchev–Trinajstić information content (AvgIpc) is 2.62. The topological polar surface area (TPSA) is 21.7 Å². The van der Waals surface area contributed by atoms with Crippen LogP contribution in [0.15, 0.2) is 49.1 Å². The van der Waals surface area contributed by atoms with Gasteiger partial charge in [0.2, 0.25) is 0 Å². The van der Waals surface area contributed by atoms with Gasteiger partial charge in [0.25, 0.3) is 0 Å². The van der Waals surface area contributed by atoms with Gasteiger partial charge >= 0.3 is 0 Å². The van der Waals surface area contributed by atoms with Gasteiger partial charge in [0, 0.05) is 6.54 Å². The van der Waals surface area contributed by atoms with Gasteiger partial charge in [-0.3, -0.25) is 4.90 Å². The molecule has 0 spiro atoms. The monoisotopic (exact) mass is 323 g/mol. The Labute approximate surface area is 144 Å². The lowest BCUT2D eigenvalue weighted by Gasteiger charge is -2.46. The summed E-state index contributed by atoms with van der Waals surface area (Å²) in [5.74, 6) is 1.75. The highest BCUT2D eigenvalue weighted by Crippen LogP contribution is 2.44. The van der Waals surface area contributed by atoms with Gasteiger partial charge in [-0.25, -0.2) is 0 Å². The van der Waals surface area contributed by atoms with E-state index in [-0.39, 0.29) is 5.54 Å². The maximum absolute atomic E-state index is 5.48. The molecule has 2 aromatic carbocycles. The predicted molar refractivity (Wildman–Crippen MR) is 98.0 cm³/mol. The Bertz CT molecular complexity index is 768. The minimum atomic E-state index is -0.363. The maximum atomic E-state index is 5.48. The van der Waals surface area contributed by atoms with E-state index >= 15 is 0 Å². The number of rotatable bonds is 4. The van der Waals surface area contributed by atoms with E-state index in [2.05, 4.69) is 55.8 Å². The third-order valence-electron chi connectivity index (χ3n) is 5.19. The van der Waals surface area contributed by atoms with Gasteiger partial charge in [0.1, 0.15) is 11.5 Å². The zero-order valence-electron chi connectivity index (χ0n) is 14.9. The zero-order chi connectivity index (χ0) is 17.3. The molecule has 0 fully saturated rings. The van der Waals surface area contributed by atoms with Crippen molar-refractivity contribution in [3.8, 4) is 11.5 Å². The van der Waals surface area contributed by atoms with Crippen LogP contribution >= 0.6 is 0 Å². The summed E-state index contributed by atoms with van der Waals surface area (Å²) in [7, 11) is 5.57. The molecule has 1 aliphatic heterocycles. The average molecular weight is 323 g/mol. The van der Waals surface area contributed by atoms with Crippen LogP contribution in [0, 0.1) is 6.92 Å². The van der Waals surface area contributed by atoms with Crippen LogP contribution in [0.25, 0.3) is 0 Å². The highest BCUT2D eigenvalue weighted by molar-refractivity contribution is 5.54. The van der Waals surface area contributed by atoms with Crippen molar-refractivity contribution in [1.82, 2.24) is 4.90 Å². The fourth-order valence-electron chi connectivity index (χ4n) is 3.84. The molecule has 0 aliphatic carbocycles. The Morgan fingerprint density at radius 3 is 2.33 bits per heavy atom. The summed E-state index contributed by atoms with van der Waals surface area (Å²) in [5, 5.41) is 0. The highest BCUT2D eigenvalue weighted by atomic mass is 16.5. The lowest BCUT2D eigenvalue weighted by atomic mass is 9.74. The third-order valence-corrected chi connectivity index (χ3v) is 5.19. The van der Waals surface area contributed by atoms with E-state index in [1.54, 1.807) is 14.2 Å². The normalized spacial score (nSPS) is 20.3. The summed E-state index contributed by atoms with van der Waals surface area (Å²) in [6.45, 7) is 7.32. The second kappa shape index (κ2) is 6.33. The fraction of sp³-hybridized carbons (Fsp3) is 0.333. The van der Waals surface area contributed by atoms with Crippen molar-refractivity contribution in [1.29, 1.82) is 0 Å². The molecule has 1 unspecified atom stereocenters. The number of benzene rings is 2. The molecule has 2 aromatic rings. The number of aryl methyl sites for hydroxylation is 1. The predicted octanol–water partition coefficient (Wildman–Crippen LogP) is 3.93. The van der Waals surface area contributed by atoms with E-state index in [1.165, 1.54) is 22.3 Å². The first-order chi connectivity index (χ1) is 11.6. The van der Waals surface area contributed by atoms with Crippen LogP contribution < -0.4 is 9.47 Å². The van der Waals surface area contributed by atoms with Crippen LogP contribution in [0.3, 0.4) is 0 Å². The number of hydrogen-bond acceptors (Lipinski definition) is 3. The first-order valence-corrected chi connectivity index (χ1v) is 8.24. The van der Waals surface area contributed by atoms with Crippen LogP contribution in [0.4, 0.5) is 0 Å². The van der Waals surface area contributed by atoms with Crippen molar-refractivity contribution in [3.63, 3.8) is 0 Å². The Hall–Kier alpha value is -2.26. The molecule has 1 heterocycles. The SMILES string of the molecule is C=CC1(c2ccc(OC)cc2C)c2cc(OC)ccc2CCN1C. The molecule has 0 aromatic heterocycles. The minimum absolute atomic E-state index is 0.363. The molecule has 0 radical (unpaired) electrons. The lowest BCUT2D eigenvalue weighted by Crippen LogP contribution is -2.48. The molecule has 0 saturated carbocycles. The van der Waals surface area contributed by atoms with Crippen molar-refractivity contribution in [2.24, 2.45) is 0 Å². The molecule has 1 atom stereocenters. The fourth-order valence-corrected chi connectivity index (χ4v) is 3.84. The Balaban J connectivity index is 2.28. The van der Waals surface area contributed by atoms with Gasteiger partial charge in [-0.15, -0.1) is 6.58 Å². The number of nitrogens with zero attached hydrogens (tertiary/aromatic N) is 1. The Morgan fingerprint density at radius 2 is 1.71 bits per heavy atom. The molecule has 1 aliphatic rings. The standard InChI is InChI=1S/C21H25NO2/c1-6-21(19-10-9-17(23-4)13-15(19)2)20-14-18(24-5)8-7-16(20)11-12-22(21)3/h6-10,13-14H,1,11-12H2,2-5H3. The second-order valence-electron chi connectivity index (χ2n) is 6.35. The molecule has 3 heteroatoms. The number of methoxy groups -OCH3 is 2. The molecular formula is C21H25NO2. The summed E-state index contributed by atoms with van der Waals surface area (Å²) in [6, 6.07) is 12.6. The van der Waals surface area contributed by atoms with Gasteiger partial charge in [0.05, 0.1) is 19.8 Å². The summed E-state index contributed by atoms with van der Waals surface area (Å²) >= 11 is 0. The molecule has 126 valence electrons. The van der Waals surface area contributed by atoms with Crippen LogP contribution in [0.5, 0.6) is 11.5 Å². The Kier molecular flexibility index (Phi) is 4.37. The first kappa shape index (κ1) is 16.6. The number of likely N-dealkylation sites (N-methyl/N-ethyl adjacent to an activating group) is 1. The van der Waals surface area contributed by atoms with Crippen LogP contribution in [-0.2, 0) is 12.0 Å². The Morgan fingerprint density at radius 1 is 1.04 bits per heavy atom. The molecule has 3 rings (SSSR count). The smallest absolute Gasteiger partial charge is 0.119 e. The van der Waals surface area contributed by atoms with Crippen molar-refractivity contribution in [2.45, 2.75) is 18.9 Å². The minimum Gasteiger partial charge on any atom is -0.497 e. The van der Waals surface area contributed by atoms with Crippen molar-refractivity contribution in [3.05, 3.63) is 71.3 Å². The van der Waals surface area contributed by atoms with Crippen molar-refractivity contribution >= 4 is 0 Å². The highest BCUT2D eigenvalue weighted by Gasteiger charge is 2.41. The summed E-state index contributed by atoms with van der Waals surface area (Å²) in [5.41, 5.74) is 4.66. The molecule has 0 saturated heterocycles. The summed E-state index contributed by atoms with van der Waals surface area (Å²) in [6.07, 6.45) is 3.08. The van der Waals surface area contributed by atoms with E-state index in [0.717, 1.165) is 24.5 Å². The van der Waals surface area contributed by atoms with Crippen LogP contribution in [0.2, 0.25) is 0 Å². The quantitative estimate of drug-likeness (QED) is 0.796. The summed E-state index contributed by atoms with van der Waals surface area (Å²) < 4.78 is 10.9. The largest absolute Gasteiger partial charge is 0.497 e. The first-order valence-electron chi connectivity index (χ1n) is 8.24. The molecule has 0 amide bonds. The molecule has 3 nitrogen and oxygen atoms in total. The van der Waals surface area contributed by atoms with Gasteiger partial charge in [-0.1, -0.05) is 18.2 Å². The van der Waals surface area contributed by atoms with E-state index in [9.17, 15) is 0 Å². The lowest BCUT2D eigenvalue weighted by molar-refractivity contribution is 0.192. The molecular weight excluding hydrogens is 298 g/mol. The van der Waals surface area contributed by atoms with E-state index in [4.69, 9.17) is 9.47 Å². The molecule has 0 N–H and O–H groups in total. The van der Waals surface area contributed by atoms with Crippen molar-refractivity contribution in [2.75, 3.05) is 27.8 Å². The van der Waals surface area contributed by atoms with Crippen molar-refractivity contribution < 1.29 is 9.47 Å². The second-order valence-corrected chi connectivity index (χ2v) is 6.35. The van der Waals surface area contributed by atoms with Crippen LogP contribution in [-0.4, -0.2) is 32.7 Å². The number of fused-ring (bicyclic) bond motifs is 1. The molecule has 24 heavy (non-hydrogen) atoms. The van der Waals surface area contributed by atoms with Gasteiger partial charge in [-0.05, 0) is 66.9 Å².